The van der Waals surface area contributed by atoms with E-state index in [0.29, 0.717) is 25.9 Å². The molecule has 3 aromatic carbocycles. The lowest BCUT2D eigenvalue weighted by Crippen LogP contribution is -2.50. The molecular weight excluding hydrogens is 400 g/mol. The van der Waals surface area contributed by atoms with Crippen molar-refractivity contribution < 1.29 is 14.4 Å². The van der Waals surface area contributed by atoms with Gasteiger partial charge in [0, 0.05) is 24.6 Å². The van der Waals surface area contributed by atoms with Crippen LogP contribution >= 0.6 is 0 Å². The normalized spacial score (nSPS) is 15.3. The van der Waals surface area contributed by atoms with Gasteiger partial charge in [0.15, 0.2) is 5.78 Å². The fourth-order valence-corrected chi connectivity index (χ4v) is 4.45. The standard InChI is InChI=1S/C27H28N2O3/c1-19(28-25(30)18-23-12-7-11-20-8-5-6-13-24(20)23)27(32)29-16-14-22(15-17-29)26(31)21-9-3-2-4-10-21/h2-13,19,22H,14-18H2,1H3,(H,28,30). The van der Waals surface area contributed by atoms with Crippen molar-refractivity contribution in [2.24, 2.45) is 5.92 Å². The van der Waals surface area contributed by atoms with Crippen LogP contribution in [0.15, 0.2) is 72.8 Å². The van der Waals surface area contributed by atoms with Gasteiger partial charge in [0.1, 0.15) is 6.04 Å². The molecule has 1 saturated heterocycles. The second kappa shape index (κ2) is 9.77. The molecule has 5 nitrogen and oxygen atoms in total. The summed E-state index contributed by atoms with van der Waals surface area (Å²) < 4.78 is 0. The van der Waals surface area contributed by atoms with Gasteiger partial charge in [0.05, 0.1) is 6.42 Å². The predicted octanol–water partition coefficient (Wildman–Crippen LogP) is 4.01. The second-order valence-corrected chi connectivity index (χ2v) is 8.43. The maximum absolute atomic E-state index is 12.9. The quantitative estimate of drug-likeness (QED) is 0.604. The number of benzene rings is 3. The number of hydrogen-bond donors (Lipinski definition) is 1. The molecule has 1 fully saturated rings. The molecule has 164 valence electrons. The van der Waals surface area contributed by atoms with Gasteiger partial charge in [0.2, 0.25) is 11.8 Å². The summed E-state index contributed by atoms with van der Waals surface area (Å²) in [6, 6.07) is 22.6. The topological polar surface area (TPSA) is 66.5 Å². The van der Waals surface area contributed by atoms with Gasteiger partial charge in [-0.1, -0.05) is 72.8 Å². The Hall–Kier alpha value is -3.47. The van der Waals surface area contributed by atoms with Gasteiger partial charge >= 0.3 is 0 Å². The Morgan fingerprint density at radius 1 is 0.906 bits per heavy atom. The molecule has 0 spiro atoms. The molecule has 1 aliphatic rings. The van der Waals surface area contributed by atoms with E-state index in [2.05, 4.69) is 5.32 Å². The third kappa shape index (κ3) is 4.88. The van der Waals surface area contributed by atoms with Crippen LogP contribution in [0.4, 0.5) is 0 Å². The van der Waals surface area contributed by atoms with E-state index in [4.69, 9.17) is 0 Å². The van der Waals surface area contributed by atoms with Gasteiger partial charge in [0.25, 0.3) is 0 Å². The first-order valence-electron chi connectivity index (χ1n) is 11.2. The van der Waals surface area contributed by atoms with Gasteiger partial charge in [-0.25, -0.2) is 0 Å². The Bertz CT molecular complexity index is 1110. The van der Waals surface area contributed by atoms with E-state index in [9.17, 15) is 14.4 Å². The molecule has 1 N–H and O–H groups in total. The minimum Gasteiger partial charge on any atom is -0.344 e. The van der Waals surface area contributed by atoms with Crippen LogP contribution in [-0.2, 0) is 16.0 Å². The van der Waals surface area contributed by atoms with Crippen LogP contribution in [0.5, 0.6) is 0 Å². The monoisotopic (exact) mass is 428 g/mol. The van der Waals surface area contributed by atoms with Gasteiger partial charge < -0.3 is 10.2 Å². The SMILES string of the molecule is CC(NC(=O)Cc1cccc2ccccc12)C(=O)N1CCC(C(=O)c2ccccc2)CC1. The molecule has 0 bridgehead atoms. The summed E-state index contributed by atoms with van der Waals surface area (Å²) in [5.41, 5.74) is 1.67. The highest BCUT2D eigenvalue weighted by Gasteiger charge is 2.30. The van der Waals surface area contributed by atoms with E-state index in [1.165, 1.54) is 0 Å². The van der Waals surface area contributed by atoms with E-state index < -0.39 is 6.04 Å². The predicted molar refractivity (Wildman–Crippen MR) is 125 cm³/mol. The van der Waals surface area contributed by atoms with E-state index in [1.807, 2.05) is 72.8 Å². The Morgan fingerprint density at radius 2 is 1.56 bits per heavy atom. The molecule has 1 unspecified atom stereocenters. The van der Waals surface area contributed by atoms with E-state index in [1.54, 1.807) is 11.8 Å². The molecule has 3 aromatic rings. The van der Waals surface area contributed by atoms with Crippen LogP contribution in [0.3, 0.4) is 0 Å². The van der Waals surface area contributed by atoms with Crippen molar-refractivity contribution in [1.82, 2.24) is 10.2 Å². The summed E-state index contributed by atoms with van der Waals surface area (Å²) >= 11 is 0. The molecule has 5 heteroatoms. The number of carbonyl (C=O) groups excluding carboxylic acids is 3. The smallest absolute Gasteiger partial charge is 0.244 e. The lowest BCUT2D eigenvalue weighted by Gasteiger charge is -2.33. The van der Waals surface area contributed by atoms with Crippen molar-refractivity contribution in [2.75, 3.05) is 13.1 Å². The fraction of sp³-hybridized carbons (Fsp3) is 0.296. The zero-order chi connectivity index (χ0) is 22.5. The number of piperidine rings is 1. The maximum Gasteiger partial charge on any atom is 0.244 e. The molecule has 1 atom stereocenters. The number of amides is 2. The highest BCUT2D eigenvalue weighted by molar-refractivity contribution is 5.98. The summed E-state index contributed by atoms with van der Waals surface area (Å²) in [6.45, 7) is 2.79. The number of nitrogens with one attached hydrogen (secondary N) is 1. The summed E-state index contributed by atoms with van der Waals surface area (Å²) in [7, 11) is 0. The molecule has 0 radical (unpaired) electrons. The number of likely N-dealkylation sites (tertiary alicyclic amines) is 1. The third-order valence-corrected chi connectivity index (χ3v) is 6.21. The first-order chi connectivity index (χ1) is 15.5. The van der Waals surface area contributed by atoms with E-state index >= 15 is 0 Å². The highest BCUT2D eigenvalue weighted by atomic mass is 16.2. The zero-order valence-electron chi connectivity index (χ0n) is 18.3. The molecule has 2 amide bonds. The van der Waals surface area contributed by atoms with E-state index in [0.717, 1.165) is 21.9 Å². The van der Waals surface area contributed by atoms with Crippen LogP contribution in [0.2, 0.25) is 0 Å². The Balaban J connectivity index is 1.30. The Labute approximate surface area is 188 Å². The van der Waals surface area contributed by atoms with Gasteiger partial charge in [-0.3, -0.25) is 14.4 Å². The van der Waals surface area contributed by atoms with Crippen LogP contribution in [0.25, 0.3) is 10.8 Å². The molecule has 32 heavy (non-hydrogen) atoms. The molecule has 0 saturated carbocycles. The van der Waals surface area contributed by atoms with Crippen molar-refractivity contribution in [3.63, 3.8) is 0 Å². The van der Waals surface area contributed by atoms with Crippen LogP contribution < -0.4 is 5.32 Å². The summed E-state index contributed by atoms with van der Waals surface area (Å²) in [4.78, 5) is 39.9. The number of nitrogens with zero attached hydrogens (tertiary/aromatic N) is 1. The molecule has 1 aliphatic heterocycles. The van der Waals surface area contributed by atoms with Gasteiger partial charge in [-0.2, -0.15) is 0 Å². The largest absolute Gasteiger partial charge is 0.344 e. The number of ketones is 1. The van der Waals surface area contributed by atoms with Gasteiger partial charge in [-0.15, -0.1) is 0 Å². The van der Waals surface area contributed by atoms with Crippen LogP contribution in [-0.4, -0.2) is 41.6 Å². The minimum atomic E-state index is -0.598. The zero-order valence-corrected chi connectivity index (χ0v) is 18.3. The number of hydrogen-bond acceptors (Lipinski definition) is 3. The van der Waals surface area contributed by atoms with E-state index in [-0.39, 0.29) is 29.9 Å². The molecule has 1 heterocycles. The Kier molecular flexibility index (Phi) is 6.64. The average Bonchev–Trinajstić information content (AvgIpc) is 2.84. The number of Topliss-reactive ketones (excluding diaryl/α,β-unsaturated/α-hetero) is 1. The molecule has 0 aromatic heterocycles. The molecular formula is C27H28N2O3. The summed E-state index contributed by atoms with van der Waals surface area (Å²) in [6.07, 6.45) is 1.53. The second-order valence-electron chi connectivity index (χ2n) is 8.43. The maximum atomic E-state index is 12.9. The van der Waals surface area contributed by atoms with Crippen LogP contribution in [0.1, 0.15) is 35.7 Å². The first-order valence-corrected chi connectivity index (χ1v) is 11.2. The van der Waals surface area contributed by atoms with Crippen molar-refractivity contribution in [1.29, 1.82) is 0 Å². The van der Waals surface area contributed by atoms with Crippen molar-refractivity contribution >= 4 is 28.4 Å². The lowest BCUT2D eigenvalue weighted by molar-refractivity contribution is -0.136. The summed E-state index contributed by atoms with van der Waals surface area (Å²) in [5, 5.41) is 5.00. The van der Waals surface area contributed by atoms with Crippen molar-refractivity contribution in [2.45, 2.75) is 32.2 Å². The summed E-state index contributed by atoms with van der Waals surface area (Å²) in [5.74, 6) is -0.176. The third-order valence-electron chi connectivity index (χ3n) is 6.21. The highest BCUT2D eigenvalue weighted by Crippen LogP contribution is 2.22. The molecule has 0 aliphatic carbocycles. The van der Waals surface area contributed by atoms with Gasteiger partial charge in [-0.05, 0) is 36.1 Å². The first kappa shape index (κ1) is 21.8. The average molecular weight is 429 g/mol. The number of rotatable bonds is 6. The molecule has 4 rings (SSSR count). The fourth-order valence-electron chi connectivity index (χ4n) is 4.45. The minimum absolute atomic E-state index is 0.0577. The Morgan fingerprint density at radius 3 is 2.31 bits per heavy atom. The number of carbonyl (C=O) groups is 3. The number of fused-ring (bicyclic) bond motifs is 1. The lowest BCUT2D eigenvalue weighted by atomic mass is 9.88. The van der Waals surface area contributed by atoms with Crippen molar-refractivity contribution in [3.05, 3.63) is 83.9 Å². The van der Waals surface area contributed by atoms with Crippen molar-refractivity contribution in [3.8, 4) is 0 Å². The van der Waals surface area contributed by atoms with Crippen LogP contribution in [0, 0.1) is 5.92 Å².